The number of imide groups is 1. The maximum atomic E-state index is 12.8. The summed E-state index contributed by atoms with van der Waals surface area (Å²) >= 11 is 0. The first-order chi connectivity index (χ1) is 16.4. The van der Waals surface area contributed by atoms with Crippen molar-refractivity contribution in [3.63, 3.8) is 0 Å². The van der Waals surface area contributed by atoms with Crippen LogP contribution in [0.4, 0.5) is 0 Å². The van der Waals surface area contributed by atoms with Gasteiger partial charge in [0.05, 0.1) is 37.5 Å². The Bertz CT molecular complexity index is 1260. The van der Waals surface area contributed by atoms with Crippen LogP contribution in [0.15, 0.2) is 66.7 Å². The molecule has 3 aromatic rings. The summed E-state index contributed by atoms with van der Waals surface area (Å²) in [7, 11) is 2.71. The fraction of sp³-hybridized carbons (Fsp3) is 0.154. The molecule has 0 atom stereocenters. The van der Waals surface area contributed by atoms with Crippen LogP contribution in [0, 0.1) is 0 Å². The minimum Gasteiger partial charge on any atom is -0.496 e. The first-order valence-electron chi connectivity index (χ1n) is 10.4. The van der Waals surface area contributed by atoms with E-state index in [2.05, 4.69) is 0 Å². The zero-order valence-corrected chi connectivity index (χ0v) is 18.6. The summed E-state index contributed by atoms with van der Waals surface area (Å²) in [5.74, 6) is -1.61. The van der Waals surface area contributed by atoms with E-state index in [4.69, 9.17) is 14.2 Å². The summed E-state index contributed by atoms with van der Waals surface area (Å²) in [6.07, 6.45) is 0. The van der Waals surface area contributed by atoms with Gasteiger partial charge in [0.15, 0.2) is 0 Å². The van der Waals surface area contributed by atoms with E-state index in [0.29, 0.717) is 33.6 Å². The summed E-state index contributed by atoms with van der Waals surface area (Å²) in [6, 6.07) is 18.0. The summed E-state index contributed by atoms with van der Waals surface area (Å²) in [5.41, 5.74) is 2.38. The number of nitrogens with zero attached hydrogens (tertiary/aromatic N) is 1. The van der Waals surface area contributed by atoms with Crippen molar-refractivity contribution in [2.75, 3.05) is 14.2 Å². The number of carbonyl (C=O) groups is 4. The smallest absolute Gasteiger partial charge is 0.342 e. The highest BCUT2D eigenvalue weighted by Crippen LogP contribution is 2.27. The first-order valence-corrected chi connectivity index (χ1v) is 10.4. The molecular weight excluding hydrogens is 438 g/mol. The molecule has 4 rings (SSSR count). The molecule has 1 heterocycles. The Labute approximate surface area is 195 Å². The Balaban J connectivity index is 1.51. The number of esters is 2. The third kappa shape index (κ3) is 4.38. The van der Waals surface area contributed by atoms with Crippen molar-refractivity contribution in [1.29, 1.82) is 0 Å². The molecule has 3 aromatic carbocycles. The molecule has 0 aromatic heterocycles. The van der Waals surface area contributed by atoms with E-state index >= 15 is 0 Å². The monoisotopic (exact) mass is 459 g/mol. The van der Waals surface area contributed by atoms with Crippen LogP contribution < -0.4 is 4.74 Å². The molecule has 172 valence electrons. The maximum Gasteiger partial charge on any atom is 0.342 e. The largest absolute Gasteiger partial charge is 0.496 e. The minimum absolute atomic E-state index is 0.00219. The summed E-state index contributed by atoms with van der Waals surface area (Å²) in [6.45, 7) is -0.0761. The SMILES string of the molecule is COC(=O)c1cccc(COC(=O)c2cc(CN3C(=O)c4ccccc4C3=O)ccc2OC)c1. The van der Waals surface area contributed by atoms with Crippen LogP contribution in [-0.4, -0.2) is 42.9 Å². The lowest BCUT2D eigenvalue weighted by atomic mass is 10.1. The summed E-state index contributed by atoms with van der Waals surface area (Å²) < 4.78 is 15.4. The van der Waals surface area contributed by atoms with Crippen molar-refractivity contribution in [2.24, 2.45) is 0 Å². The molecule has 8 heteroatoms. The van der Waals surface area contributed by atoms with E-state index in [9.17, 15) is 19.2 Å². The molecule has 0 radical (unpaired) electrons. The number of hydrogen-bond donors (Lipinski definition) is 0. The molecular formula is C26H21NO7. The Kier molecular flexibility index (Phi) is 6.40. The van der Waals surface area contributed by atoms with E-state index in [1.807, 2.05) is 0 Å². The summed E-state index contributed by atoms with van der Waals surface area (Å²) in [4.78, 5) is 51.0. The second-order valence-electron chi connectivity index (χ2n) is 7.54. The Hall–Kier alpha value is -4.46. The predicted molar refractivity (Wildman–Crippen MR) is 121 cm³/mol. The van der Waals surface area contributed by atoms with Gasteiger partial charge in [-0.05, 0) is 47.5 Å². The van der Waals surface area contributed by atoms with Gasteiger partial charge in [-0.15, -0.1) is 0 Å². The number of carbonyl (C=O) groups excluding carboxylic acids is 4. The second kappa shape index (κ2) is 9.58. The van der Waals surface area contributed by atoms with E-state index in [1.54, 1.807) is 60.7 Å². The lowest BCUT2D eigenvalue weighted by Crippen LogP contribution is -2.29. The van der Waals surface area contributed by atoms with Gasteiger partial charge in [0.2, 0.25) is 0 Å². The van der Waals surface area contributed by atoms with Crippen LogP contribution in [0.2, 0.25) is 0 Å². The van der Waals surface area contributed by atoms with Crippen molar-refractivity contribution in [2.45, 2.75) is 13.2 Å². The molecule has 34 heavy (non-hydrogen) atoms. The lowest BCUT2D eigenvalue weighted by Gasteiger charge is -2.16. The lowest BCUT2D eigenvalue weighted by molar-refractivity contribution is 0.0468. The van der Waals surface area contributed by atoms with Crippen LogP contribution in [0.25, 0.3) is 0 Å². The summed E-state index contributed by atoms with van der Waals surface area (Å²) in [5, 5.41) is 0. The van der Waals surface area contributed by atoms with Crippen LogP contribution in [-0.2, 0) is 22.6 Å². The minimum atomic E-state index is -0.649. The molecule has 0 saturated carbocycles. The quantitative estimate of drug-likeness (QED) is 0.393. The van der Waals surface area contributed by atoms with Gasteiger partial charge in [0.25, 0.3) is 11.8 Å². The topological polar surface area (TPSA) is 99.2 Å². The van der Waals surface area contributed by atoms with Crippen LogP contribution >= 0.6 is 0 Å². The van der Waals surface area contributed by atoms with Gasteiger partial charge in [-0.1, -0.05) is 30.3 Å². The standard InChI is InChI=1S/C26H21NO7/c1-32-22-11-10-16(14-27-23(28)19-8-3-4-9-20(19)24(27)29)13-21(22)26(31)34-15-17-6-5-7-18(12-17)25(30)33-2/h3-13H,14-15H2,1-2H3. The molecule has 2 amide bonds. The Morgan fingerprint density at radius 3 is 2.15 bits per heavy atom. The highest BCUT2D eigenvalue weighted by atomic mass is 16.5. The normalized spacial score (nSPS) is 12.4. The van der Waals surface area contributed by atoms with Gasteiger partial charge in [0.1, 0.15) is 17.9 Å². The van der Waals surface area contributed by atoms with Crippen molar-refractivity contribution >= 4 is 23.8 Å². The van der Waals surface area contributed by atoms with Crippen molar-refractivity contribution in [3.8, 4) is 5.75 Å². The molecule has 0 N–H and O–H groups in total. The van der Waals surface area contributed by atoms with E-state index in [0.717, 1.165) is 4.90 Å². The zero-order chi connectivity index (χ0) is 24.2. The van der Waals surface area contributed by atoms with E-state index in [-0.39, 0.29) is 30.5 Å². The third-order valence-corrected chi connectivity index (χ3v) is 5.42. The molecule has 0 aliphatic carbocycles. The van der Waals surface area contributed by atoms with Gasteiger partial charge < -0.3 is 14.2 Å². The molecule has 1 aliphatic heterocycles. The second-order valence-corrected chi connectivity index (χ2v) is 7.54. The van der Waals surface area contributed by atoms with Crippen LogP contribution in [0.5, 0.6) is 5.75 Å². The first kappa shape index (κ1) is 22.7. The number of hydrogen-bond acceptors (Lipinski definition) is 7. The molecule has 0 fully saturated rings. The fourth-order valence-corrected chi connectivity index (χ4v) is 3.71. The molecule has 0 spiro atoms. The number of amides is 2. The molecule has 0 saturated heterocycles. The number of rotatable bonds is 7. The molecule has 0 unspecified atom stereocenters. The molecule has 0 bridgehead atoms. The van der Waals surface area contributed by atoms with Crippen LogP contribution in [0.3, 0.4) is 0 Å². The van der Waals surface area contributed by atoms with Crippen LogP contribution in [0.1, 0.15) is 52.6 Å². The molecule has 1 aliphatic rings. The average molecular weight is 459 g/mol. The zero-order valence-electron chi connectivity index (χ0n) is 18.6. The fourth-order valence-electron chi connectivity index (χ4n) is 3.71. The Morgan fingerprint density at radius 1 is 0.794 bits per heavy atom. The highest BCUT2D eigenvalue weighted by molar-refractivity contribution is 6.21. The Morgan fingerprint density at radius 2 is 1.50 bits per heavy atom. The predicted octanol–water partition coefficient (Wildman–Crippen LogP) is 3.64. The molecule has 8 nitrogen and oxygen atoms in total. The van der Waals surface area contributed by atoms with E-state index in [1.165, 1.54) is 20.3 Å². The van der Waals surface area contributed by atoms with Gasteiger partial charge in [-0.25, -0.2) is 9.59 Å². The maximum absolute atomic E-state index is 12.8. The van der Waals surface area contributed by atoms with Gasteiger partial charge in [0, 0.05) is 0 Å². The van der Waals surface area contributed by atoms with E-state index < -0.39 is 11.9 Å². The van der Waals surface area contributed by atoms with Gasteiger partial charge in [-0.3, -0.25) is 14.5 Å². The van der Waals surface area contributed by atoms with Gasteiger partial charge >= 0.3 is 11.9 Å². The van der Waals surface area contributed by atoms with Crippen molar-refractivity contribution in [1.82, 2.24) is 4.90 Å². The highest BCUT2D eigenvalue weighted by Gasteiger charge is 2.35. The van der Waals surface area contributed by atoms with Crippen molar-refractivity contribution < 1.29 is 33.4 Å². The number of fused-ring (bicyclic) bond motifs is 1. The van der Waals surface area contributed by atoms with Crippen molar-refractivity contribution in [3.05, 3.63) is 100 Å². The number of methoxy groups -OCH3 is 2. The third-order valence-electron chi connectivity index (χ3n) is 5.42. The number of ether oxygens (including phenoxy) is 3. The number of benzene rings is 3. The van der Waals surface area contributed by atoms with Gasteiger partial charge in [-0.2, -0.15) is 0 Å². The average Bonchev–Trinajstić information content (AvgIpc) is 3.11.